The molecule has 0 heterocycles. The smallest absolute Gasteiger partial charge is 0.161 e. The minimum Gasteiger partial charge on any atom is -0.493 e. The second-order valence-corrected chi connectivity index (χ2v) is 5.38. The SMILES string of the molecule is COc1cc(Br)c(C(N)Cc2ccccc2)cc1OC. The minimum atomic E-state index is -0.105. The molecule has 3 nitrogen and oxygen atoms in total. The molecule has 0 aliphatic heterocycles. The zero-order valence-corrected chi connectivity index (χ0v) is 13.2. The molecule has 0 saturated heterocycles. The molecule has 0 spiro atoms. The fourth-order valence-electron chi connectivity index (χ4n) is 2.13. The highest BCUT2D eigenvalue weighted by Gasteiger charge is 2.15. The third-order valence-corrected chi connectivity index (χ3v) is 3.89. The van der Waals surface area contributed by atoms with Crippen molar-refractivity contribution >= 4 is 15.9 Å². The lowest BCUT2D eigenvalue weighted by atomic mass is 9.99. The van der Waals surface area contributed by atoms with Crippen molar-refractivity contribution in [3.63, 3.8) is 0 Å². The zero-order chi connectivity index (χ0) is 14.5. The van der Waals surface area contributed by atoms with Crippen molar-refractivity contribution in [3.8, 4) is 11.5 Å². The first kappa shape index (κ1) is 14.9. The molecule has 106 valence electrons. The molecule has 2 aromatic rings. The van der Waals surface area contributed by atoms with Gasteiger partial charge in [0.05, 0.1) is 14.2 Å². The van der Waals surface area contributed by atoms with Gasteiger partial charge in [-0.25, -0.2) is 0 Å². The summed E-state index contributed by atoms with van der Waals surface area (Å²) < 4.78 is 11.5. The fraction of sp³-hybridized carbons (Fsp3) is 0.250. The Morgan fingerprint density at radius 3 is 2.25 bits per heavy atom. The van der Waals surface area contributed by atoms with E-state index >= 15 is 0 Å². The van der Waals surface area contributed by atoms with E-state index in [0.717, 1.165) is 16.5 Å². The molecule has 2 N–H and O–H groups in total. The predicted molar refractivity (Wildman–Crippen MR) is 84.3 cm³/mol. The average Bonchev–Trinajstić information content (AvgIpc) is 2.47. The van der Waals surface area contributed by atoms with Crippen molar-refractivity contribution in [1.82, 2.24) is 0 Å². The Balaban J connectivity index is 2.27. The Bertz CT molecular complexity index is 572. The summed E-state index contributed by atoms with van der Waals surface area (Å²) >= 11 is 3.55. The van der Waals surface area contributed by atoms with Crippen LogP contribution in [-0.4, -0.2) is 14.2 Å². The first-order chi connectivity index (χ1) is 9.65. The van der Waals surface area contributed by atoms with E-state index in [9.17, 15) is 0 Å². The summed E-state index contributed by atoms with van der Waals surface area (Å²) in [6, 6.07) is 13.9. The predicted octanol–water partition coefficient (Wildman–Crippen LogP) is 3.71. The first-order valence-electron chi connectivity index (χ1n) is 6.36. The average molecular weight is 336 g/mol. The van der Waals surface area contributed by atoms with E-state index in [4.69, 9.17) is 15.2 Å². The van der Waals surface area contributed by atoms with Crippen molar-refractivity contribution in [2.75, 3.05) is 14.2 Å². The lowest BCUT2D eigenvalue weighted by Gasteiger charge is -2.17. The van der Waals surface area contributed by atoms with Gasteiger partial charge in [0.2, 0.25) is 0 Å². The van der Waals surface area contributed by atoms with E-state index in [1.54, 1.807) is 14.2 Å². The maximum Gasteiger partial charge on any atom is 0.161 e. The van der Waals surface area contributed by atoms with E-state index in [2.05, 4.69) is 28.1 Å². The summed E-state index contributed by atoms with van der Waals surface area (Å²) in [5.74, 6) is 1.38. The number of halogens is 1. The maximum atomic E-state index is 6.32. The largest absolute Gasteiger partial charge is 0.493 e. The van der Waals surface area contributed by atoms with Crippen LogP contribution in [0.2, 0.25) is 0 Å². The Kier molecular flexibility index (Phi) is 5.04. The second kappa shape index (κ2) is 6.77. The Morgan fingerprint density at radius 1 is 1.05 bits per heavy atom. The van der Waals surface area contributed by atoms with Gasteiger partial charge in [-0.05, 0) is 29.7 Å². The third kappa shape index (κ3) is 3.32. The van der Waals surface area contributed by atoms with Crippen LogP contribution in [0.15, 0.2) is 46.9 Å². The van der Waals surface area contributed by atoms with Crippen LogP contribution >= 0.6 is 15.9 Å². The number of hydrogen-bond donors (Lipinski definition) is 1. The summed E-state index contributed by atoms with van der Waals surface area (Å²) in [6.07, 6.45) is 0.773. The molecule has 0 aromatic heterocycles. The molecule has 0 saturated carbocycles. The molecular formula is C16H18BrNO2. The van der Waals surface area contributed by atoms with Crippen LogP contribution in [0.1, 0.15) is 17.2 Å². The van der Waals surface area contributed by atoms with Crippen molar-refractivity contribution in [2.45, 2.75) is 12.5 Å². The van der Waals surface area contributed by atoms with Crippen LogP contribution in [0, 0.1) is 0 Å². The molecular weight excluding hydrogens is 318 g/mol. The zero-order valence-electron chi connectivity index (χ0n) is 11.6. The van der Waals surface area contributed by atoms with Gasteiger partial charge in [-0.15, -0.1) is 0 Å². The third-order valence-electron chi connectivity index (χ3n) is 3.20. The van der Waals surface area contributed by atoms with Gasteiger partial charge in [0, 0.05) is 10.5 Å². The van der Waals surface area contributed by atoms with Crippen molar-refractivity contribution < 1.29 is 9.47 Å². The number of methoxy groups -OCH3 is 2. The van der Waals surface area contributed by atoms with E-state index in [-0.39, 0.29) is 6.04 Å². The molecule has 0 bridgehead atoms. The molecule has 2 aromatic carbocycles. The Hall–Kier alpha value is -1.52. The topological polar surface area (TPSA) is 44.5 Å². The maximum absolute atomic E-state index is 6.32. The monoisotopic (exact) mass is 335 g/mol. The molecule has 1 atom stereocenters. The van der Waals surface area contributed by atoms with Crippen molar-refractivity contribution in [1.29, 1.82) is 0 Å². The van der Waals surface area contributed by atoms with Gasteiger partial charge >= 0.3 is 0 Å². The van der Waals surface area contributed by atoms with Crippen LogP contribution in [-0.2, 0) is 6.42 Å². The number of benzene rings is 2. The van der Waals surface area contributed by atoms with Crippen LogP contribution in [0.5, 0.6) is 11.5 Å². The standard InChI is InChI=1S/C16H18BrNO2/c1-19-15-9-12(13(17)10-16(15)20-2)14(18)8-11-6-4-3-5-7-11/h3-7,9-10,14H,8,18H2,1-2H3. The highest BCUT2D eigenvalue weighted by molar-refractivity contribution is 9.10. The summed E-state index contributed by atoms with van der Waals surface area (Å²) in [7, 11) is 3.24. The normalized spacial score (nSPS) is 12.0. The van der Waals surface area contributed by atoms with Gasteiger partial charge in [0.15, 0.2) is 11.5 Å². The second-order valence-electron chi connectivity index (χ2n) is 4.52. The van der Waals surface area contributed by atoms with E-state index in [1.807, 2.05) is 30.3 Å². The van der Waals surface area contributed by atoms with E-state index < -0.39 is 0 Å². The molecule has 2 rings (SSSR count). The van der Waals surface area contributed by atoms with Gasteiger partial charge in [-0.1, -0.05) is 46.3 Å². The lowest BCUT2D eigenvalue weighted by molar-refractivity contribution is 0.354. The van der Waals surface area contributed by atoms with Gasteiger partial charge in [-0.3, -0.25) is 0 Å². The molecule has 0 aliphatic rings. The Morgan fingerprint density at radius 2 is 1.65 bits per heavy atom. The highest BCUT2D eigenvalue weighted by atomic mass is 79.9. The van der Waals surface area contributed by atoms with Gasteiger partial charge in [0.25, 0.3) is 0 Å². The summed E-state index contributed by atoms with van der Waals surface area (Å²) in [6.45, 7) is 0. The molecule has 20 heavy (non-hydrogen) atoms. The van der Waals surface area contributed by atoms with Crippen molar-refractivity contribution in [3.05, 3.63) is 58.1 Å². The Labute approximate surface area is 127 Å². The van der Waals surface area contributed by atoms with Gasteiger partial charge in [-0.2, -0.15) is 0 Å². The molecule has 0 aliphatic carbocycles. The first-order valence-corrected chi connectivity index (χ1v) is 7.16. The van der Waals surface area contributed by atoms with E-state index in [1.165, 1.54) is 5.56 Å². The number of nitrogens with two attached hydrogens (primary N) is 1. The van der Waals surface area contributed by atoms with Crippen LogP contribution < -0.4 is 15.2 Å². The highest BCUT2D eigenvalue weighted by Crippen LogP contribution is 2.36. The van der Waals surface area contributed by atoms with Crippen LogP contribution in [0.25, 0.3) is 0 Å². The van der Waals surface area contributed by atoms with E-state index in [0.29, 0.717) is 11.5 Å². The summed E-state index contributed by atoms with van der Waals surface area (Å²) in [4.78, 5) is 0. The molecule has 0 fully saturated rings. The summed E-state index contributed by atoms with van der Waals surface area (Å²) in [5, 5.41) is 0. The van der Waals surface area contributed by atoms with Crippen molar-refractivity contribution in [2.24, 2.45) is 5.73 Å². The fourth-order valence-corrected chi connectivity index (χ4v) is 2.75. The molecule has 0 amide bonds. The minimum absolute atomic E-state index is 0.105. The van der Waals surface area contributed by atoms with Crippen LogP contribution in [0.4, 0.5) is 0 Å². The van der Waals surface area contributed by atoms with Crippen LogP contribution in [0.3, 0.4) is 0 Å². The number of ether oxygens (including phenoxy) is 2. The number of rotatable bonds is 5. The quantitative estimate of drug-likeness (QED) is 0.905. The van der Waals surface area contributed by atoms with Gasteiger partial charge in [0.1, 0.15) is 0 Å². The lowest BCUT2D eigenvalue weighted by Crippen LogP contribution is -2.14. The van der Waals surface area contributed by atoms with Gasteiger partial charge < -0.3 is 15.2 Å². The molecule has 0 radical (unpaired) electrons. The molecule has 1 unspecified atom stereocenters. The number of hydrogen-bond acceptors (Lipinski definition) is 3. The molecule has 4 heteroatoms. The summed E-state index contributed by atoms with van der Waals surface area (Å²) in [5.41, 5.74) is 8.53.